The number of nitrogens with zero attached hydrogens (tertiary/aromatic N) is 1. The van der Waals surface area contributed by atoms with Crippen molar-refractivity contribution in [3.8, 4) is 0 Å². The molecule has 0 aliphatic carbocycles. The molecule has 0 unspecified atom stereocenters. The van der Waals surface area contributed by atoms with Crippen LogP contribution in [-0.2, 0) is 14.4 Å². The Labute approximate surface area is 91.5 Å². The Bertz CT molecular complexity index is 278. The summed E-state index contributed by atoms with van der Waals surface area (Å²) in [7, 11) is -3.65. The van der Waals surface area contributed by atoms with Gasteiger partial charge in [0.1, 0.15) is 0 Å². The Morgan fingerprint density at radius 1 is 1.33 bits per heavy atom. The number of aliphatic hydroxyl groups is 1. The number of hydrogen-bond donors (Lipinski definition) is 1. The molecule has 0 saturated carbocycles. The van der Waals surface area contributed by atoms with Crippen LogP contribution >= 0.6 is 0 Å². The van der Waals surface area contributed by atoms with Gasteiger partial charge >= 0.3 is 91.0 Å². The molecule has 0 fully saturated rings. The molecule has 0 atom stereocenters. The van der Waals surface area contributed by atoms with E-state index in [4.69, 9.17) is 5.11 Å². The molecule has 0 aromatic carbocycles. The van der Waals surface area contributed by atoms with E-state index in [-0.39, 0.29) is 25.5 Å². The van der Waals surface area contributed by atoms with Gasteiger partial charge in [0, 0.05) is 0 Å². The van der Waals surface area contributed by atoms with E-state index in [2.05, 4.69) is 0 Å². The summed E-state index contributed by atoms with van der Waals surface area (Å²) in [5, 5.41) is 8.75. The van der Waals surface area contributed by atoms with Crippen LogP contribution in [0.4, 0.5) is 0 Å². The molecular weight excluding hydrogens is 217 g/mol. The van der Waals surface area contributed by atoms with E-state index in [1.54, 1.807) is 4.90 Å². The van der Waals surface area contributed by atoms with Gasteiger partial charge in [-0.3, -0.25) is 0 Å². The molecule has 0 aliphatic heterocycles. The Balaban J connectivity index is 4.21. The van der Waals surface area contributed by atoms with E-state index < -0.39 is 9.69 Å². The summed E-state index contributed by atoms with van der Waals surface area (Å²) in [5.74, 6) is 0.161. The van der Waals surface area contributed by atoms with Crippen molar-refractivity contribution < 1.29 is 18.2 Å². The van der Waals surface area contributed by atoms with Gasteiger partial charge < -0.3 is 0 Å². The third-order valence-electron chi connectivity index (χ3n) is 1.95. The molecule has 5 nitrogen and oxygen atoms in total. The topological polar surface area (TPSA) is 74.7 Å². The Kier molecular flexibility index (Phi) is 6.96. The fraction of sp³-hybridized carbons (Fsp3) is 1.00. The van der Waals surface area contributed by atoms with Crippen molar-refractivity contribution in [2.45, 2.75) is 20.3 Å². The first-order chi connectivity index (χ1) is 6.91. The second-order valence-corrected chi connectivity index (χ2v) is 5.69. The van der Waals surface area contributed by atoms with Crippen molar-refractivity contribution in [2.75, 3.05) is 25.6 Å². The zero-order valence-electron chi connectivity index (χ0n) is 9.22. The maximum absolute atomic E-state index is 11.0. The second-order valence-electron chi connectivity index (χ2n) is 3.91. The van der Waals surface area contributed by atoms with E-state index in [1.165, 1.54) is 0 Å². The van der Waals surface area contributed by atoms with Crippen LogP contribution < -0.4 is 0 Å². The zero-order chi connectivity index (χ0) is 11.9. The van der Waals surface area contributed by atoms with Crippen LogP contribution in [-0.4, -0.2) is 50.4 Å². The van der Waals surface area contributed by atoms with Crippen LogP contribution in [0.1, 0.15) is 20.3 Å². The van der Waals surface area contributed by atoms with Gasteiger partial charge in [0.15, 0.2) is 0 Å². The first-order valence-electron chi connectivity index (χ1n) is 4.92. The Morgan fingerprint density at radius 3 is 2.33 bits per heavy atom. The zero-order valence-corrected chi connectivity index (χ0v) is 10.0. The van der Waals surface area contributed by atoms with Crippen LogP contribution in [0.15, 0.2) is 0 Å². The standard InChI is InChI=1S/C8H18BNO4S/c1-8(2)3-4-10(5-6-11)7-15(13,14)9-12/h8,11H,3-7H2,1-2H3. The van der Waals surface area contributed by atoms with Crippen LogP contribution in [0, 0.1) is 5.92 Å². The minimum atomic E-state index is -3.65. The van der Waals surface area contributed by atoms with Crippen molar-refractivity contribution in [2.24, 2.45) is 5.92 Å². The third kappa shape index (κ3) is 7.64. The SMILES string of the molecule is CC(C)CCN(CCO)CS(=O)(=O)B=O. The van der Waals surface area contributed by atoms with Crippen LogP contribution in [0.25, 0.3) is 0 Å². The average Bonchev–Trinajstić information content (AvgIpc) is 2.14. The second kappa shape index (κ2) is 7.08. The first-order valence-corrected chi connectivity index (χ1v) is 6.64. The summed E-state index contributed by atoms with van der Waals surface area (Å²) in [4.78, 5) is 1.57. The summed E-state index contributed by atoms with van der Waals surface area (Å²) in [5.41, 5.74) is 0. The predicted octanol–water partition coefficient (Wildman–Crippen LogP) is -0.336. The number of rotatable bonds is 8. The van der Waals surface area contributed by atoms with Crippen molar-refractivity contribution in [3.63, 3.8) is 0 Å². The van der Waals surface area contributed by atoms with Gasteiger partial charge in [-0.25, -0.2) is 0 Å². The summed E-state index contributed by atoms with van der Waals surface area (Å²) in [6, 6.07) is 0. The molecule has 0 aliphatic rings. The predicted molar refractivity (Wildman–Crippen MR) is 58.3 cm³/mol. The quantitative estimate of drug-likeness (QED) is 0.583. The molecule has 0 amide bonds. The van der Waals surface area contributed by atoms with E-state index in [1.807, 2.05) is 13.8 Å². The van der Waals surface area contributed by atoms with E-state index >= 15 is 0 Å². The van der Waals surface area contributed by atoms with Crippen LogP contribution in [0.2, 0.25) is 0 Å². The fourth-order valence-corrected chi connectivity index (χ4v) is 1.94. The molecule has 7 heteroatoms. The number of hydrogen-bond acceptors (Lipinski definition) is 5. The average molecular weight is 235 g/mol. The van der Waals surface area contributed by atoms with Crippen molar-refractivity contribution in [1.29, 1.82) is 0 Å². The van der Waals surface area contributed by atoms with Gasteiger partial charge in [-0.15, -0.1) is 0 Å². The molecule has 0 spiro atoms. The van der Waals surface area contributed by atoms with E-state index in [9.17, 15) is 13.1 Å². The summed E-state index contributed by atoms with van der Waals surface area (Å²) in [6.07, 6.45) is 0.807. The molecule has 0 aromatic rings. The first kappa shape index (κ1) is 14.7. The fourth-order valence-electron chi connectivity index (χ4n) is 1.11. The van der Waals surface area contributed by atoms with Gasteiger partial charge in [-0.2, -0.15) is 0 Å². The molecule has 15 heavy (non-hydrogen) atoms. The van der Waals surface area contributed by atoms with Gasteiger partial charge in [0.2, 0.25) is 0 Å². The Hall–Kier alpha value is -0.265. The van der Waals surface area contributed by atoms with E-state index in [0.717, 1.165) is 6.42 Å². The monoisotopic (exact) mass is 235 g/mol. The van der Waals surface area contributed by atoms with Gasteiger partial charge in [0.25, 0.3) is 0 Å². The molecule has 88 valence electrons. The minimum absolute atomic E-state index is 0.0350. The van der Waals surface area contributed by atoms with E-state index in [0.29, 0.717) is 12.5 Å². The van der Waals surface area contributed by atoms with Crippen molar-refractivity contribution in [3.05, 3.63) is 0 Å². The third-order valence-corrected chi connectivity index (χ3v) is 2.97. The van der Waals surface area contributed by atoms with Crippen LogP contribution in [0.3, 0.4) is 0 Å². The number of aliphatic hydroxyl groups excluding tert-OH is 1. The maximum atomic E-state index is 11.0. The normalized spacial score (nSPS) is 12.1. The Morgan fingerprint density at radius 2 is 1.93 bits per heavy atom. The molecule has 0 bridgehead atoms. The van der Waals surface area contributed by atoms with Crippen LogP contribution in [0.5, 0.6) is 0 Å². The molecule has 0 radical (unpaired) electrons. The molecule has 0 heterocycles. The summed E-state index contributed by atoms with van der Waals surface area (Å²) >= 11 is 0. The molecule has 1 N–H and O–H groups in total. The van der Waals surface area contributed by atoms with Crippen molar-refractivity contribution >= 4 is 16.1 Å². The molecule has 0 saturated heterocycles. The van der Waals surface area contributed by atoms with Crippen molar-refractivity contribution in [1.82, 2.24) is 4.90 Å². The molecule has 0 aromatic heterocycles. The van der Waals surface area contributed by atoms with Gasteiger partial charge in [-0.05, 0) is 0 Å². The molecule has 0 rings (SSSR count). The molecular formula is C8H18BNO4S. The van der Waals surface area contributed by atoms with Gasteiger partial charge in [0.05, 0.1) is 0 Å². The summed E-state index contributed by atoms with van der Waals surface area (Å²) in [6.45, 7) is 4.81. The van der Waals surface area contributed by atoms with Gasteiger partial charge in [-0.1, -0.05) is 0 Å². The summed E-state index contributed by atoms with van der Waals surface area (Å²) < 4.78 is 32.3.